The predicted molar refractivity (Wildman–Crippen MR) is 162 cm³/mol. The number of pyridine rings is 1. The summed E-state index contributed by atoms with van der Waals surface area (Å²) in [5.74, 6) is 0. The normalized spacial score (nSPS) is 14.1. The third-order valence-corrected chi connectivity index (χ3v) is 9.00. The second kappa shape index (κ2) is 7.18. The minimum absolute atomic E-state index is 0.0267. The van der Waals surface area contributed by atoms with E-state index in [0.29, 0.717) is 0 Å². The molecule has 0 bridgehead atoms. The summed E-state index contributed by atoms with van der Waals surface area (Å²) in [4.78, 5) is 0. The topological polar surface area (TPSA) is 18.1 Å². The Labute approximate surface area is 226 Å². The third kappa shape index (κ3) is 2.56. The van der Waals surface area contributed by atoms with E-state index >= 15 is 0 Å². The molecule has 2 heterocycles. The third-order valence-electron chi connectivity index (χ3n) is 9.00. The second-order valence-corrected chi connectivity index (χ2v) is 11.3. The SMILES string of the molecule is CC1(C)c2ccccc2-c2c(-c3ccc4c5c3cccc5c3cccc5oc6ccccc6n4-c53)cccc21. The largest absolute Gasteiger partial charge is 0.453 e. The zero-order chi connectivity index (χ0) is 25.9. The average molecular weight is 500 g/mol. The van der Waals surface area contributed by atoms with E-state index < -0.39 is 0 Å². The molecule has 9 rings (SSSR count). The van der Waals surface area contributed by atoms with Gasteiger partial charge in [-0.2, -0.15) is 0 Å². The lowest BCUT2D eigenvalue weighted by Gasteiger charge is -2.24. The zero-order valence-corrected chi connectivity index (χ0v) is 21.8. The van der Waals surface area contributed by atoms with Crippen molar-refractivity contribution >= 4 is 43.7 Å². The minimum atomic E-state index is -0.0267. The number of hydrogen-bond acceptors (Lipinski definition) is 1. The molecule has 6 aromatic rings. The number of hydrogen-bond donors (Lipinski definition) is 0. The van der Waals surface area contributed by atoms with E-state index in [2.05, 4.69) is 128 Å². The number of para-hydroxylation sites is 3. The summed E-state index contributed by atoms with van der Waals surface area (Å²) < 4.78 is 8.79. The Kier molecular flexibility index (Phi) is 3.89. The number of nitrogens with zero attached hydrogens (tertiary/aromatic N) is 1. The molecule has 0 saturated heterocycles. The molecule has 0 radical (unpaired) electrons. The van der Waals surface area contributed by atoms with Gasteiger partial charge in [-0.05, 0) is 68.4 Å². The Morgan fingerprint density at radius 3 is 2.15 bits per heavy atom. The summed E-state index contributed by atoms with van der Waals surface area (Å²) in [6.45, 7) is 4.70. The maximum Gasteiger partial charge on any atom is 0.152 e. The van der Waals surface area contributed by atoms with Crippen molar-refractivity contribution in [1.29, 1.82) is 0 Å². The van der Waals surface area contributed by atoms with Gasteiger partial charge in [-0.1, -0.05) is 105 Å². The van der Waals surface area contributed by atoms with Crippen LogP contribution in [0.25, 0.3) is 71.7 Å². The molecule has 2 heteroatoms. The van der Waals surface area contributed by atoms with Gasteiger partial charge in [0.2, 0.25) is 0 Å². The van der Waals surface area contributed by atoms with Crippen LogP contribution in [0, 0.1) is 0 Å². The van der Waals surface area contributed by atoms with Crippen LogP contribution in [0.5, 0.6) is 0 Å². The van der Waals surface area contributed by atoms with Crippen LogP contribution in [0.1, 0.15) is 25.0 Å². The quantitative estimate of drug-likeness (QED) is 0.162. The molecule has 1 aliphatic carbocycles. The summed E-state index contributed by atoms with van der Waals surface area (Å²) in [6, 6.07) is 41.9. The Bertz CT molecular complexity index is 2260. The number of rotatable bonds is 1. The molecule has 0 atom stereocenters. The van der Waals surface area contributed by atoms with Gasteiger partial charge in [0.1, 0.15) is 0 Å². The molecular formula is C37H25NO. The summed E-state index contributed by atoms with van der Waals surface area (Å²) in [5, 5.41) is 5.04. The van der Waals surface area contributed by atoms with Crippen LogP contribution in [0.15, 0.2) is 120 Å². The highest BCUT2D eigenvalue weighted by molar-refractivity contribution is 6.23. The fourth-order valence-electron chi connectivity index (χ4n) is 7.28. The minimum Gasteiger partial charge on any atom is -0.453 e. The molecule has 0 N–H and O–H groups in total. The van der Waals surface area contributed by atoms with Crippen LogP contribution in [0.3, 0.4) is 0 Å². The first kappa shape index (κ1) is 21.2. The van der Waals surface area contributed by atoms with E-state index in [1.165, 1.54) is 60.4 Å². The van der Waals surface area contributed by atoms with Crippen molar-refractivity contribution in [2.45, 2.75) is 19.3 Å². The van der Waals surface area contributed by atoms with E-state index in [0.717, 1.165) is 22.4 Å². The van der Waals surface area contributed by atoms with Gasteiger partial charge >= 0.3 is 0 Å². The fraction of sp³-hybridized carbons (Fsp3) is 0.0811. The molecule has 2 aliphatic heterocycles. The van der Waals surface area contributed by atoms with Gasteiger partial charge in [0.05, 0.1) is 16.7 Å². The highest BCUT2D eigenvalue weighted by atomic mass is 16.3. The molecule has 39 heavy (non-hydrogen) atoms. The average Bonchev–Trinajstić information content (AvgIpc) is 3.21. The van der Waals surface area contributed by atoms with Gasteiger partial charge < -0.3 is 8.98 Å². The number of benzene rings is 6. The van der Waals surface area contributed by atoms with E-state index in [1.54, 1.807) is 0 Å². The first-order valence-corrected chi connectivity index (χ1v) is 13.6. The number of aromatic nitrogens is 1. The molecule has 3 aliphatic rings. The van der Waals surface area contributed by atoms with E-state index in [-0.39, 0.29) is 5.41 Å². The van der Waals surface area contributed by atoms with Gasteiger partial charge in [0.15, 0.2) is 11.2 Å². The number of fused-ring (bicyclic) bond motifs is 7. The van der Waals surface area contributed by atoms with Crippen molar-refractivity contribution in [2.24, 2.45) is 0 Å². The maximum absolute atomic E-state index is 6.39. The smallest absolute Gasteiger partial charge is 0.152 e. The molecule has 2 nitrogen and oxygen atoms in total. The van der Waals surface area contributed by atoms with Crippen LogP contribution < -0.4 is 0 Å². The Morgan fingerprint density at radius 2 is 1.21 bits per heavy atom. The summed E-state index contributed by atoms with van der Waals surface area (Å²) in [6.07, 6.45) is 0. The lowest BCUT2D eigenvalue weighted by molar-refractivity contribution is 0.648. The van der Waals surface area contributed by atoms with Crippen molar-refractivity contribution in [3.05, 3.63) is 126 Å². The Hall–Kier alpha value is -4.82. The van der Waals surface area contributed by atoms with Crippen molar-refractivity contribution < 1.29 is 4.42 Å². The summed E-state index contributed by atoms with van der Waals surface area (Å²) in [7, 11) is 0. The molecule has 0 amide bonds. The maximum atomic E-state index is 6.39. The highest BCUT2D eigenvalue weighted by Gasteiger charge is 2.36. The lowest BCUT2D eigenvalue weighted by atomic mass is 9.81. The van der Waals surface area contributed by atoms with E-state index in [4.69, 9.17) is 4.42 Å². The Balaban J connectivity index is 1.47. The fourth-order valence-corrected chi connectivity index (χ4v) is 7.28. The van der Waals surface area contributed by atoms with E-state index in [9.17, 15) is 0 Å². The van der Waals surface area contributed by atoms with Crippen molar-refractivity contribution in [3.63, 3.8) is 0 Å². The molecule has 0 aromatic heterocycles. The molecule has 6 aromatic carbocycles. The molecule has 0 saturated carbocycles. The van der Waals surface area contributed by atoms with Crippen LogP contribution in [0.2, 0.25) is 0 Å². The van der Waals surface area contributed by atoms with Crippen LogP contribution >= 0.6 is 0 Å². The summed E-state index contributed by atoms with van der Waals surface area (Å²) in [5.41, 5.74) is 13.3. The van der Waals surface area contributed by atoms with Crippen molar-refractivity contribution in [2.75, 3.05) is 0 Å². The van der Waals surface area contributed by atoms with Crippen molar-refractivity contribution in [1.82, 2.24) is 4.57 Å². The van der Waals surface area contributed by atoms with Gasteiger partial charge in [-0.15, -0.1) is 0 Å². The van der Waals surface area contributed by atoms with Crippen LogP contribution in [0.4, 0.5) is 0 Å². The lowest BCUT2D eigenvalue weighted by Crippen LogP contribution is -2.14. The van der Waals surface area contributed by atoms with Gasteiger partial charge in [-0.25, -0.2) is 0 Å². The molecular weight excluding hydrogens is 474 g/mol. The predicted octanol–water partition coefficient (Wildman–Crippen LogP) is 10.1. The first-order valence-electron chi connectivity index (χ1n) is 13.6. The molecule has 0 spiro atoms. The standard InChI is InChI=1S/C37H25NO/c1-37(2)28-15-4-3-10-27(28)34-23(13-8-16-29(34)37)22-20-21-31-35-24(22)11-7-12-25(35)26-14-9-19-33-36(26)38(31)30-17-5-6-18-32(30)39-33/h3-21H,1-2H3. The second-order valence-electron chi connectivity index (χ2n) is 11.3. The summed E-state index contributed by atoms with van der Waals surface area (Å²) >= 11 is 0. The molecule has 0 fully saturated rings. The highest BCUT2D eigenvalue weighted by Crippen LogP contribution is 2.53. The van der Waals surface area contributed by atoms with Gasteiger partial charge in [-0.3, -0.25) is 0 Å². The van der Waals surface area contributed by atoms with Gasteiger partial charge in [0, 0.05) is 16.2 Å². The van der Waals surface area contributed by atoms with Crippen molar-refractivity contribution in [3.8, 4) is 27.9 Å². The van der Waals surface area contributed by atoms with E-state index in [1.807, 2.05) is 6.07 Å². The van der Waals surface area contributed by atoms with Crippen LogP contribution in [-0.4, -0.2) is 4.57 Å². The first-order chi connectivity index (χ1) is 19.1. The van der Waals surface area contributed by atoms with Gasteiger partial charge in [0.25, 0.3) is 0 Å². The molecule has 0 unspecified atom stereocenters. The van der Waals surface area contributed by atoms with Crippen LogP contribution in [-0.2, 0) is 5.41 Å². The monoisotopic (exact) mass is 499 g/mol. The Morgan fingerprint density at radius 1 is 0.513 bits per heavy atom. The molecule has 184 valence electrons. The zero-order valence-electron chi connectivity index (χ0n) is 21.8.